The molecular formula is C30H39ClFN7O. The number of carbonyl (C=O) groups excluding carboxylic acids is 1. The summed E-state index contributed by atoms with van der Waals surface area (Å²) < 4.78 is 14.5. The first kappa shape index (κ1) is 31.1. The van der Waals surface area contributed by atoms with Crippen molar-refractivity contribution in [3.63, 3.8) is 0 Å². The molecule has 1 fully saturated rings. The number of aromatic amines is 1. The van der Waals surface area contributed by atoms with E-state index in [0.29, 0.717) is 39.6 Å². The van der Waals surface area contributed by atoms with Gasteiger partial charge in [0.15, 0.2) is 0 Å². The van der Waals surface area contributed by atoms with Gasteiger partial charge in [0.1, 0.15) is 17.3 Å². The lowest BCUT2D eigenvalue weighted by molar-refractivity contribution is -0.117. The summed E-state index contributed by atoms with van der Waals surface area (Å²) >= 11 is 6.09. The molecule has 4 aromatic rings. The fourth-order valence-corrected chi connectivity index (χ4v) is 4.73. The smallest absolute Gasteiger partial charge is 0.132 e. The zero-order valence-electron chi connectivity index (χ0n) is 23.9. The van der Waals surface area contributed by atoms with E-state index >= 15 is 0 Å². The Morgan fingerprint density at radius 2 is 1.93 bits per heavy atom. The number of imidazole rings is 1. The summed E-state index contributed by atoms with van der Waals surface area (Å²) in [5.74, 6) is -0.194. The second-order valence-corrected chi connectivity index (χ2v) is 9.43. The van der Waals surface area contributed by atoms with E-state index in [0.717, 1.165) is 43.9 Å². The molecule has 3 N–H and O–H groups in total. The molecule has 214 valence electrons. The molecule has 4 heterocycles. The minimum absolute atomic E-state index is 0.210. The molecule has 40 heavy (non-hydrogen) atoms. The van der Waals surface area contributed by atoms with Crippen molar-refractivity contribution in [3.8, 4) is 22.6 Å². The number of aromatic nitrogens is 4. The molecular weight excluding hydrogens is 529 g/mol. The van der Waals surface area contributed by atoms with Crippen LogP contribution >= 0.6 is 11.6 Å². The molecule has 1 saturated heterocycles. The number of pyridine rings is 2. The zero-order chi connectivity index (χ0) is 29.1. The molecule has 10 heteroatoms. The normalized spacial score (nSPS) is 15.0. The average molecular weight is 568 g/mol. The second-order valence-electron chi connectivity index (χ2n) is 8.99. The van der Waals surface area contributed by atoms with E-state index in [1.807, 2.05) is 45.9 Å². The number of hydrogen-bond donors (Lipinski definition) is 3. The Morgan fingerprint density at radius 3 is 2.70 bits per heavy atom. The van der Waals surface area contributed by atoms with Crippen LogP contribution in [0.15, 0.2) is 48.9 Å². The highest BCUT2D eigenvalue weighted by Crippen LogP contribution is 2.32. The topological polar surface area (TPSA) is 98.8 Å². The molecule has 0 radical (unpaired) electrons. The summed E-state index contributed by atoms with van der Waals surface area (Å²) in [6.45, 7) is 14.0. The predicted octanol–water partition coefficient (Wildman–Crippen LogP) is 6.20. The lowest BCUT2D eigenvalue weighted by Gasteiger charge is -2.33. The highest BCUT2D eigenvalue weighted by molar-refractivity contribution is 6.30. The summed E-state index contributed by atoms with van der Waals surface area (Å²) in [5, 5.41) is 7.27. The maximum absolute atomic E-state index is 14.5. The number of rotatable bonds is 8. The van der Waals surface area contributed by atoms with Crippen LogP contribution in [-0.4, -0.2) is 69.4 Å². The van der Waals surface area contributed by atoms with Gasteiger partial charge in [-0.05, 0) is 43.3 Å². The van der Waals surface area contributed by atoms with Gasteiger partial charge in [0.25, 0.3) is 0 Å². The average Bonchev–Trinajstić information content (AvgIpc) is 3.46. The molecule has 1 atom stereocenters. The summed E-state index contributed by atoms with van der Waals surface area (Å²) in [5.41, 5.74) is 4.34. The number of ketones is 1. The van der Waals surface area contributed by atoms with Crippen molar-refractivity contribution < 1.29 is 9.18 Å². The summed E-state index contributed by atoms with van der Waals surface area (Å²) in [6.07, 6.45) is 3.88. The van der Waals surface area contributed by atoms with E-state index in [1.165, 1.54) is 18.5 Å². The van der Waals surface area contributed by atoms with Crippen molar-refractivity contribution >= 4 is 34.1 Å². The monoisotopic (exact) mass is 567 g/mol. The van der Waals surface area contributed by atoms with Crippen molar-refractivity contribution in [1.29, 1.82) is 0 Å². The third kappa shape index (κ3) is 8.06. The molecule has 1 aliphatic rings. The molecule has 0 amide bonds. The molecule has 0 saturated carbocycles. The lowest BCUT2D eigenvalue weighted by Crippen LogP contribution is -2.52. The molecule has 3 aromatic heterocycles. The predicted molar refractivity (Wildman–Crippen MR) is 162 cm³/mol. The van der Waals surface area contributed by atoms with E-state index < -0.39 is 5.82 Å². The van der Waals surface area contributed by atoms with E-state index in [1.54, 1.807) is 19.2 Å². The van der Waals surface area contributed by atoms with Crippen LogP contribution < -0.4 is 10.6 Å². The number of hydrogen-bond acceptors (Lipinski definition) is 7. The SMILES string of the molecule is CC.CC.CC(=O)CC1CN(CCNc2cnc3ccc(-c4[nH]cnc4-c4cc(Cl)ccc4F)nc3c2)CCN1. The van der Waals surface area contributed by atoms with Gasteiger partial charge in [0, 0.05) is 55.8 Å². The number of halogens is 2. The minimum Gasteiger partial charge on any atom is -0.382 e. The van der Waals surface area contributed by atoms with Crippen molar-refractivity contribution in [2.75, 3.05) is 38.0 Å². The van der Waals surface area contributed by atoms with Gasteiger partial charge in [-0.25, -0.2) is 14.4 Å². The highest BCUT2D eigenvalue weighted by Gasteiger charge is 2.20. The highest BCUT2D eigenvalue weighted by atomic mass is 35.5. The van der Waals surface area contributed by atoms with Crippen molar-refractivity contribution in [2.45, 2.75) is 47.1 Å². The fourth-order valence-electron chi connectivity index (χ4n) is 4.55. The standard InChI is InChI=1S/C26H27ClFN7O.2C2H6/c1-16(36)10-19-14-35(9-7-30-19)8-6-29-18-12-24-22(31-13-18)4-5-23(34-24)26-25(32-15-33-26)20-11-17(27)2-3-21(20)28;2*1-2/h2-5,11-13,15,19,29-30H,6-10,14H2,1H3,(H,32,33);2*1-2H3. The molecule has 1 aromatic carbocycles. The Hall–Kier alpha value is -3.40. The fraction of sp³-hybridized carbons (Fsp3) is 0.400. The number of anilines is 1. The number of fused-ring (bicyclic) bond motifs is 1. The van der Waals surface area contributed by atoms with Crippen molar-refractivity contribution in [1.82, 2.24) is 30.2 Å². The minimum atomic E-state index is -0.404. The Morgan fingerprint density at radius 1 is 1.12 bits per heavy atom. The summed E-state index contributed by atoms with van der Waals surface area (Å²) in [4.78, 5) is 30.5. The van der Waals surface area contributed by atoms with E-state index in [-0.39, 0.29) is 11.8 Å². The third-order valence-corrected chi connectivity index (χ3v) is 6.48. The molecule has 5 rings (SSSR count). The van der Waals surface area contributed by atoms with Crippen LogP contribution in [0.5, 0.6) is 0 Å². The summed E-state index contributed by atoms with van der Waals surface area (Å²) in [7, 11) is 0. The van der Waals surface area contributed by atoms with Gasteiger partial charge in [-0.15, -0.1) is 0 Å². The van der Waals surface area contributed by atoms with Crippen molar-refractivity contribution in [3.05, 3.63) is 59.8 Å². The zero-order valence-corrected chi connectivity index (χ0v) is 24.6. The van der Waals surface area contributed by atoms with E-state index in [4.69, 9.17) is 16.6 Å². The Kier molecular flexibility index (Phi) is 12.0. The van der Waals surface area contributed by atoms with E-state index in [2.05, 4.69) is 30.5 Å². The molecule has 0 bridgehead atoms. The first-order chi connectivity index (χ1) is 19.5. The van der Waals surface area contributed by atoms with Gasteiger partial charge < -0.3 is 15.6 Å². The van der Waals surface area contributed by atoms with Gasteiger partial charge in [-0.3, -0.25) is 14.7 Å². The van der Waals surface area contributed by atoms with Crippen LogP contribution in [-0.2, 0) is 4.79 Å². The van der Waals surface area contributed by atoms with Crippen LogP contribution in [0.2, 0.25) is 5.02 Å². The largest absolute Gasteiger partial charge is 0.382 e. The lowest BCUT2D eigenvalue weighted by atomic mass is 10.1. The molecule has 0 aliphatic carbocycles. The van der Waals surface area contributed by atoms with Crippen LogP contribution in [0.1, 0.15) is 41.0 Å². The molecule has 1 unspecified atom stereocenters. The Balaban J connectivity index is 0.00000106. The number of Topliss-reactive ketones (excluding diaryl/α,β-unsaturated/α-hetero) is 1. The van der Waals surface area contributed by atoms with Crippen LogP contribution in [0.3, 0.4) is 0 Å². The third-order valence-electron chi connectivity index (χ3n) is 6.25. The number of nitrogens with one attached hydrogen (secondary N) is 3. The number of carbonyl (C=O) groups is 1. The van der Waals surface area contributed by atoms with Crippen LogP contribution in [0.25, 0.3) is 33.7 Å². The number of nitrogens with zero attached hydrogens (tertiary/aromatic N) is 4. The van der Waals surface area contributed by atoms with Crippen LogP contribution in [0.4, 0.5) is 10.1 Å². The maximum Gasteiger partial charge on any atom is 0.132 e. The van der Waals surface area contributed by atoms with Crippen molar-refractivity contribution in [2.24, 2.45) is 0 Å². The number of H-pyrrole nitrogens is 1. The van der Waals surface area contributed by atoms with Gasteiger partial charge in [-0.2, -0.15) is 0 Å². The van der Waals surface area contributed by atoms with E-state index in [9.17, 15) is 9.18 Å². The molecule has 1 aliphatic heterocycles. The number of benzene rings is 1. The maximum atomic E-state index is 14.5. The quantitative estimate of drug-likeness (QED) is 0.233. The number of piperazine rings is 1. The second kappa shape index (κ2) is 15.4. The Bertz CT molecular complexity index is 1390. The molecule has 0 spiro atoms. The van der Waals surface area contributed by atoms with Gasteiger partial charge >= 0.3 is 0 Å². The van der Waals surface area contributed by atoms with Gasteiger partial charge in [0.05, 0.1) is 40.6 Å². The van der Waals surface area contributed by atoms with Gasteiger partial charge in [-0.1, -0.05) is 39.3 Å². The van der Waals surface area contributed by atoms with Crippen LogP contribution in [0, 0.1) is 5.82 Å². The first-order valence-corrected chi connectivity index (χ1v) is 14.3. The van der Waals surface area contributed by atoms with Gasteiger partial charge in [0.2, 0.25) is 0 Å². The summed E-state index contributed by atoms with van der Waals surface area (Å²) in [6, 6.07) is 10.3. The Labute approximate surface area is 240 Å². The molecule has 8 nitrogen and oxygen atoms in total. The first-order valence-electron chi connectivity index (χ1n) is 13.9.